The number of Topliss-reactive ketones (excluding diaryl/α,β-unsaturated/α-hetero) is 1. The molecule has 1 aromatic rings. The summed E-state index contributed by atoms with van der Waals surface area (Å²) in [6.07, 6.45) is 3.61. The molecule has 1 heterocycles. The first-order valence-corrected chi connectivity index (χ1v) is 4.25. The van der Waals surface area contributed by atoms with Crippen LogP contribution in [0.15, 0.2) is 10.6 Å². The van der Waals surface area contributed by atoms with Crippen LogP contribution in [0, 0.1) is 0 Å². The van der Waals surface area contributed by atoms with Crippen LogP contribution in [0.2, 0.25) is 0 Å². The van der Waals surface area contributed by atoms with Crippen LogP contribution in [0.1, 0.15) is 48.4 Å². The van der Waals surface area contributed by atoms with Gasteiger partial charge in [0.1, 0.15) is 11.5 Å². The highest BCUT2D eigenvalue weighted by Crippen LogP contribution is 2.36. The van der Waals surface area contributed by atoms with Crippen LogP contribution in [-0.2, 0) is 0 Å². The summed E-state index contributed by atoms with van der Waals surface area (Å²) in [7, 11) is 0. The summed E-state index contributed by atoms with van der Waals surface area (Å²) in [5.74, 6) is 1.38. The van der Waals surface area contributed by atoms with E-state index in [1.807, 2.05) is 0 Å². The molecule has 12 heavy (non-hydrogen) atoms. The highest BCUT2D eigenvalue weighted by atomic mass is 16.5. The van der Waals surface area contributed by atoms with E-state index in [2.05, 4.69) is 5.16 Å². The average molecular weight is 165 g/mol. The SMILES string of the molecule is CC(=O)c1cc(C2CCC2)on1. The number of aromatic nitrogens is 1. The lowest BCUT2D eigenvalue weighted by molar-refractivity contribution is 0.100. The molecule has 0 saturated heterocycles. The Kier molecular flexibility index (Phi) is 1.71. The Hall–Kier alpha value is -1.12. The second-order valence-electron chi connectivity index (χ2n) is 3.30. The van der Waals surface area contributed by atoms with Crippen molar-refractivity contribution in [3.05, 3.63) is 17.5 Å². The van der Waals surface area contributed by atoms with Crippen molar-refractivity contribution in [1.82, 2.24) is 5.16 Å². The van der Waals surface area contributed by atoms with Crippen LogP contribution in [0.25, 0.3) is 0 Å². The van der Waals surface area contributed by atoms with Crippen LogP contribution in [0.5, 0.6) is 0 Å². The summed E-state index contributed by atoms with van der Waals surface area (Å²) in [4.78, 5) is 10.9. The van der Waals surface area contributed by atoms with Gasteiger partial charge in [-0.2, -0.15) is 0 Å². The van der Waals surface area contributed by atoms with Gasteiger partial charge in [0.05, 0.1) is 0 Å². The van der Waals surface area contributed by atoms with Gasteiger partial charge in [-0.25, -0.2) is 0 Å². The Morgan fingerprint density at radius 2 is 2.42 bits per heavy atom. The molecule has 0 radical (unpaired) electrons. The number of ketones is 1. The lowest BCUT2D eigenvalue weighted by Crippen LogP contribution is -2.07. The van der Waals surface area contributed by atoms with E-state index < -0.39 is 0 Å². The Bertz CT molecular complexity index is 299. The van der Waals surface area contributed by atoms with Gasteiger partial charge in [0.2, 0.25) is 0 Å². The van der Waals surface area contributed by atoms with Crippen LogP contribution < -0.4 is 0 Å². The van der Waals surface area contributed by atoms with E-state index in [4.69, 9.17) is 4.52 Å². The molecule has 3 nitrogen and oxygen atoms in total. The van der Waals surface area contributed by atoms with Crippen molar-refractivity contribution in [3.8, 4) is 0 Å². The summed E-state index contributed by atoms with van der Waals surface area (Å²) >= 11 is 0. The molecule has 0 amide bonds. The van der Waals surface area contributed by atoms with Crippen molar-refractivity contribution >= 4 is 5.78 Å². The highest BCUT2D eigenvalue weighted by Gasteiger charge is 2.24. The van der Waals surface area contributed by atoms with E-state index in [-0.39, 0.29) is 5.78 Å². The summed E-state index contributed by atoms with van der Waals surface area (Å²) in [6.45, 7) is 1.50. The van der Waals surface area contributed by atoms with Crippen molar-refractivity contribution < 1.29 is 9.32 Å². The molecule has 1 saturated carbocycles. The maximum absolute atomic E-state index is 10.9. The molecule has 0 atom stereocenters. The number of rotatable bonds is 2. The van der Waals surface area contributed by atoms with Crippen LogP contribution >= 0.6 is 0 Å². The molecule has 1 aliphatic rings. The molecule has 0 aromatic carbocycles. The second kappa shape index (κ2) is 2.73. The molecule has 2 rings (SSSR count). The number of hydrogen-bond acceptors (Lipinski definition) is 3. The third-order valence-electron chi connectivity index (χ3n) is 2.40. The fourth-order valence-electron chi connectivity index (χ4n) is 1.34. The molecular formula is C9H11NO2. The number of carbonyl (C=O) groups excluding carboxylic acids is 1. The first kappa shape index (κ1) is 7.53. The van der Waals surface area contributed by atoms with Crippen molar-refractivity contribution in [3.63, 3.8) is 0 Å². The van der Waals surface area contributed by atoms with Gasteiger partial charge in [-0.3, -0.25) is 4.79 Å². The summed E-state index contributed by atoms with van der Waals surface area (Å²) < 4.78 is 5.06. The van der Waals surface area contributed by atoms with Crippen molar-refractivity contribution in [1.29, 1.82) is 0 Å². The molecule has 0 N–H and O–H groups in total. The van der Waals surface area contributed by atoms with Gasteiger partial charge >= 0.3 is 0 Å². The lowest BCUT2D eigenvalue weighted by atomic mass is 9.83. The fourth-order valence-corrected chi connectivity index (χ4v) is 1.34. The molecule has 64 valence electrons. The number of hydrogen-bond donors (Lipinski definition) is 0. The van der Waals surface area contributed by atoms with E-state index in [0.717, 1.165) is 5.76 Å². The predicted molar refractivity (Wildman–Crippen MR) is 43.1 cm³/mol. The minimum Gasteiger partial charge on any atom is -0.360 e. The predicted octanol–water partition coefficient (Wildman–Crippen LogP) is 2.14. The highest BCUT2D eigenvalue weighted by molar-refractivity contribution is 5.91. The van der Waals surface area contributed by atoms with E-state index in [9.17, 15) is 4.79 Å². The van der Waals surface area contributed by atoms with Crippen molar-refractivity contribution in [2.45, 2.75) is 32.1 Å². The standard InChI is InChI=1S/C9H11NO2/c1-6(11)8-5-9(12-10-8)7-3-2-4-7/h5,7H,2-4H2,1H3. The zero-order valence-corrected chi connectivity index (χ0v) is 7.04. The molecule has 0 aliphatic heterocycles. The van der Waals surface area contributed by atoms with Gasteiger partial charge < -0.3 is 4.52 Å². The van der Waals surface area contributed by atoms with E-state index >= 15 is 0 Å². The monoisotopic (exact) mass is 165 g/mol. The minimum absolute atomic E-state index is 0.0238. The van der Waals surface area contributed by atoms with Crippen LogP contribution in [-0.4, -0.2) is 10.9 Å². The molecule has 0 bridgehead atoms. The second-order valence-corrected chi connectivity index (χ2v) is 3.30. The lowest BCUT2D eigenvalue weighted by Gasteiger charge is -2.21. The molecule has 3 heteroatoms. The molecule has 0 unspecified atom stereocenters. The first-order chi connectivity index (χ1) is 5.77. The normalized spacial score (nSPS) is 17.4. The zero-order chi connectivity index (χ0) is 8.55. The van der Waals surface area contributed by atoms with Crippen molar-refractivity contribution in [2.24, 2.45) is 0 Å². The average Bonchev–Trinajstić information content (AvgIpc) is 2.32. The Balaban J connectivity index is 2.17. The molecule has 0 spiro atoms. The fraction of sp³-hybridized carbons (Fsp3) is 0.556. The van der Waals surface area contributed by atoms with Gasteiger partial charge in [-0.05, 0) is 12.8 Å². The van der Waals surface area contributed by atoms with Gasteiger partial charge in [-0.1, -0.05) is 11.6 Å². The van der Waals surface area contributed by atoms with Gasteiger partial charge in [0.25, 0.3) is 0 Å². The summed E-state index contributed by atoms with van der Waals surface area (Å²) in [5.41, 5.74) is 0.455. The quantitative estimate of drug-likeness (QED) is 0.630. The maximum Gasteiger partial charge on any atom is 0.181 e. The van der Waals surface area contributed by atoms with E-state index in [0.29, 0.717) is 11.6 Å². The largest absolute Gasteiger partial charge is 0.360 e. The van der Waals surface area contributed by atoms with Crippen LogP contribution in [0.3, 0.4) is 0 Å². The molecule has 1 fully saturated rings. The molecular weight excluding hydrogens is 154 g/mol. The first-order valence-electron chi connectivity index (χ1n) is 4.25. The Morgan fingerprint density at radius 3 is 2.83 bits per heavy atom. The van der Waals surface area contributed by atoms with Gasteiger partial charge in [0.15, 0.2) is 5.78 Å². The van der Waals surface area contributed by atoms with Crippen LogP contribution in [0.4, 0.5) is 0 Å². The zero-order valence-electron chi connectivity index (χ0n) is 7.04. The molecule has 1 aliphatic carbocycles. The third-order valence-corrected chi connectivity index (χ3v) is 2.40. The Labute approximate surface area is 70.7 Å². The summed E-state index contributed by atoms with van der Waals surface area (Å²) in [5, 5.41) is 3.69. The Morgan fingerprint density at radius 1 is 1.67 bits per heavy atom. The maximum atomic E-state index is 10.9. The smallest absolute Gasteiger partial charge is 0.181 e. The molecule has 1 aromatic heterocycles. The van der Waals surface area contributed by atoms with Crippen molar-refractivity contribution in [2.75, 3.05) is 0 Å². The topological polar surface area (TPSA) is 43.1 Å². The number of carbonyl (C=O) groups is 1. The van der Waals surface area contributed by atoms with E-state index in [1.165, 1.54) is 26.2 Å². The van der Waals surface area contributed by atoms with Gasteiger partial charge in [-0.15, -0.1) is 0 Å². The summed E-state index contributed by atoms with van der Waals surface area (Å²) in [6, 6.07) is 1.77. The van der Waals surface area contributed by atoms with Gasteiger partial charge in [0, 0.05) is 18.9 Å². The van der Waals surface area contributed by atoms with E-state index in [1.54, 1.807) is 6.07 Å². The third kappa shape index (κ3) is 1.15. The number of nitrogens with zero attached hydrogens (tertiary/aromatic N) is 1. The minimum atomic E-state index is -0.0238.